The number of nitrogens with zero attached hydrogens (tertiary/aromatic N) is 1. The SMILES string of the molecule is c1ccc(-c2cc(-c3ccc(N(c4ccc(-c5ccc6c(c5)oc5ccccc56)cc4)c4cc5ccccc5c5ccccc45)cc3)cc3ccccc23)cc1. The Morgan fingerprint density at radius 2 is 0.821 bits per heavy atom. The van der Waals surface area contributed by atoms with Crippen LogP contribution in [-0.2, 0) is 0 Å². The van der Waals surface area contributed by atoms with Gasteiger partial charge in [0.15, 0.2) is 0 Å². The van der Waals surface area contributed by atoms with Gasteiger partial charge in [0.1, 0.15) is 11.2 Å². The van der Waals surface area contributed by atoms with Crippen molar-refractivity contribution in [3.8, 4) is 33.4 Å². The number of hydrogen-bond acceptors (Lipinski definition) is 2. The summed E-state index contributed by atoms with van der Waals surface area (Å²) in [7, 11) is 0. The summed E-state index contributed by atoms with van der Waals surface area (Å²) in [5, 5.41) is 9.68. The van der Waals surface area contributed by atoms with Crippen LogP contribution in [0.15, 0.2) is 217 Å². The van der Waals surface area contributed by atoms with Gasteiger partial charge < -0.3 is 9.32 Å². The van der Waals surface area contributed by atoms with E-state index >= 15 is 0 Å². The summed E-state index contributed by atoms with van der Waals surface area (Å²) < 4.78 is 6.25. The summed E-state index contributed by atoms with van der Waals surface area (Å²) in [6, 6.07) is 76.6. The van der Waals surface area contributed by atoms with E-state index in [9.17, 15) is 0 Å². The highest BCUT2D eigenvalue weighted by Crippen LogP contribution is 2.43. The van der Waals surface area contributed by atoms with Gasteiger partial charge in [0.2, 0.25) is 0 Å². The van der Waals surface area contributed by atoms with Crippen molar-refractivity contribution in [3.63, 3.8) is 0 Å². The molecule has 0 atom stereocenters. The molecule has 1 aromatic heterocycles. The molecule has 0 unspecified atom stereocenters. The average Bonchev–Trinajstić information content (AvgIpc) is 3.65. The molecule has 0 saturated carbocycles. The first-order chi connectivity index (χ1) is 27.7. The van der Waals surface area contributed by atoms with E-state index in [0.29, 0.717) is 0 Å². The summed E-state index contributed by atoms with van der Waals surface area (Å²) in [6.45, 7) is 0. The van der Waals surface area contributed by atoms with Crippen molar-refractivity contribution < 1.29 is 4.42 Å². The lowest BCUT2D eigenvalue weighted by atomic mass is 9.93. The molecule has 0 aliphatic carbocycles. The van der Waals surface area contributed by atoms with Crippen molar-refractivity contribution in [1.29, 1.82) is 0 Å². The molecule has 262 valence electrons. The zero-order valence-electron chi connectivity index (χ0n) is 30.6. The van der Waals surface area contributed by atoms with E-state index in [2.05, 4.69) is 205 Å². The normalized spacial score (nSPS) is 11.6. The number of benzene rings is 10. The number of para-hydroxylation sites is 1. The van der Waals surface area contributed by atoms with Crippen LogP contribution in [0.4, 0.5) is 17.1 Å². The van der Waals surface area contributed by atoms with Gasteiger partial charge in [0.25, 0.3) is 0 Å². The van der Waals surface area contributed by atoms with Gasteiger partial charge >= 0.3 is 0 Å². The Morgan fingerprint density at radius 1 is 0.286 bits per heavy atom. The highest BCUT2D eigenvalue weighted by atomic mass is 16.3. The second-order valence-corrected chi connectivity index (χ2v) is 14.5. The van der Waals surface area contributed by atoms with Gasteiger partial charge in [0, 0.05) is 27.5 Å². The van der Waals surface area contributed by atoms with E-state index in [1.165, 1.54) is 54.6 Å². The van der Waals surface area contributed by atoms with Gasteiger partial charge in [-0.15, -0.1) is 0 Å². The number of furan rings is 1. The lowest BCUT2D eigenvalue weighted by molar-refractivity contribution is 0.669. The van der Waals surface area contributed by atoms with Crippen molar-refractivity contribution in [1.82, 2.24) is 0 Å². The smallest absolute Gasteiger partial charge is 0.136 e. The fourth-order valence-corrected chi connectivity index (χ4v) is 8.49. The molecule has 10 aromatic carbocycles. The number of fused-ring (bicyclic) bond motifs is 7. The number of rotatable bonds is 6. The predicted octanol–water partition coefficient (Wildman–Crippen LogP) is 15.5. The van der Waals surface area contributed by atoms with Crippen LogP contribution in [0.3, 0.4) is 0 Å². The molecule has 11 rings (SSSR count). The summed E-state index contributed by atoms with van der Waals surface area (Å²) in [5.41, 5.74) is 12.2. The van der Waals surface area contributed by atoms with E-state index in [4.69, 9.17) is 4.42 Å². The number of hydrogen-bond donors (Lipinski definition) is 0. The Hall–Kier alpha value is -7.42. The van der Waals surface area contributed by atoms with Gasteiger partial charge in [-0.2, -0.15) is 0 Å². The van der Waals surface area contributed by atoms with E-state index < -0.39 is 0 Å². The van der Waals surface area contributed by atoms with E-state index in [1.807, 2.05) is 12.1 Å². The molecule has 56 heavy (non-hydrogen) atoms. The standard InChI is InChI=1S/C54H35NO/c1-2-12-38(13-3-1)51-33-42(32-40-14-4-7-17-46(40)51)37-24-29-44(30-25-37)55(52-34-41-15-5-6-16-45(41)47-18-8-9-19-48(47)52)43-27-22-36(23-28-43)39-26-31-50-49-20-10-11-21-53(49)56-54(50)35-39/h1-35H. The monoisotopic (exact) mass is 713 g/mol. The first-order valence-electron chi connectivity index (χ1n) is 19.2. The van der Waals surface area contributed by atoms with Crippen LogP contribution in [0.25, 0.3) is 87.6 Å². The average molecular weight is 714 g/mol. The van der Waals surface area contributed by atoms with Crippen molar-refractivity contribution in [2.75, 3.05) is 4.90 Å². The Balaban J connectivity index is 1.04. The Bertz CT molecular complexity index is 3230. The maximum absolute atomic E-state index is 6.25. The highest BCUT2D eigenvalue weighted by Gasteiger charge is 2.18. The fourth-order valence-electron chi connectivity index (χ4n) is 8.49. The summed E-state index contributed by atoms with van der Waals surface area (Å²) in [6.07, 6.45) is 0. The van der Waals surface area contributed by atoms with Gasteiger partial charge in [-0.25, -0.2) is 0 Å². The molecule has 0 bridgehead atoms. The minimum absolute atomic E-state index is 0.902. The van der Waals surface area contributed by atoms with Crippen LogP contribution in [0.2, 0.25) is 0 Å². The van der Waals surface area contributed by atoms with E-state index in [0.717, 1.165) is 50.1 Å². The van der Waals surface area contributed by atoms with Crippen molar-refractivity contribution in [3.05, 3.63) is 212 Å². The van der Waals surface area contributed by atoms with Gasteiger partial charge in [-0.3, -0.25) is 0 Å². The van der Waals surface area contributed by atoms with Crippen molar-refractivity contribution >= 4 is 71.3 Å². The maximum Gasteiger partial charge on any atom is 0.136 e. The minimum Gasteiger partial charge on any atom is -0.456 e. The molecule has 0 aliphatic heterocycles. The van der Waals surface area contributed by atoms with Crippen LogP contribution >= 0.6 is 0 Å². The largest absolute Gasteiger partial charge is 0.456 e. The lowest BCUT2D eigenvalue weighted by Gasteiger charge is -2.28. The van der Waals surface area contributed by atoms with Crippen LogP contribution in [0.5, 0.6) is 0 Å². The Kier molecular flexibility index (Phi) is 7.53. The quantitative estimate of drug-likeness (QED) is 0.160. The molecule has 11 aromatic rings. The summed E-state index contributed by atoms with van der Waals surface area (Å²) >= 11 is 0. The second-order valence-electron chi connectivity index (χ2n) is 14.5. The maximum atomic E-state index is 6.25. The molecule has 0 aliphatic rings. The van der Waals surface area contributed by atoms with Crippen LogP contribution < -0.4 is 4.90 Å². The molecule has 2 nitrogen and oxygen atoms in total. The topological polar surface area (TPSA) is 16.4 Å². The first kappa shape index (κ1) is 32.0. The van der Waals surface area contributed by atoms with Crippen LogP contribution in [-0.4, -0.2) is 0 Å². The van der Waals surface area contributed by atoms with Crippen molar-refractivity contribution in [2.45, 2.75) is 0 Å². The van der Waals surface area contributed by atoms with E-state index in [-0.39, 0.29) is 0 Å². The highest BCUT2D eigenvalue weighted by molar-refractivity contribution is 6.14. The number of anilines is 3. The molecule has 0 saturated heterocycles. The fraction of sp³-hybridized carbons (Fsp3) is 0. The summed E-state index contributed by atoms with van der Waals surface area (Å²) in [5.74, 6) is 0. The molecule has 0 N–H and O–H groups in total. The predicted molar refractivity (Wildman–Crippen MR) is 237 cm³/mol. The van der Waals surface area contributed by atoms with Gasteiger partial charge in [-0.05, 0) is 121 Å². The van der Waals surface area contributed by atoms with Crippen LogP contribution in [0.1, 0.15) is 0 Å². The van der Waals surface area contributed by atoms with Crippen LogP contribution in [0, 0.1) is 0 Å². The second kappa shape index (κ2) is 13.2. The van der Waals surface area contributed by atoms with Gasteiger partial charge in [0.05, 0.1) is 5.69 Å². The Morgan fingerprint density at radius 3 is 1.55 bits per heavy atom. The molecular formula is C54H35NO. The minimum atomic E-state index is 0.902. The van der Waals surface area contributed by atoms with Gasteiger partial charge in [-0.1, -0.05) is 152 Å². The molecule has 0 amide bonds. The molecular weight excluding hydrogens is 679 g/mol. The molecule has 1 heterocycles. The molecule has 0 fully saturated rings. The summed E-state index contributed by atoms with van der Waals surface area (Å²) in [4.78, 5) is 2.40. The Labute approximate surface area is 325 Å². The third-order valence-electron chi connectivity index (χ3n) is 11.2. The molecule has 2 heteroatoms. The third kappa shape index (κ3) is 5.42. The third-order valence-corrected chi connectivity index (χ3v) is 11.2. The first-order valence-corrected chi connectivity index (χ1v) is 19.2. The van der Waals surface area contributed by atoms with Crippen molar-refractivity contribution in [2.24, 2.45) is 0 Å². The zero-order valence-corrected chi connectivity index (χ0v) is 30.6. The molecule has 0 radical (unpaired) electrons. The molecule has 0 spiro atoms. The lowest BCUT2D eigenvalue weighted by Crippen LogP contribution is -2.10. The van der Waals surface area contributed by atoms with E-state index in [1.54, 1.807) is 0 Å². The zero-order chi connectivity index (χ0) is 37.0.